The van der Waals surface area contributed by atoms with Crippen molar-refractivity contribution in [3.8, 4) is 0 Å². The fourth-order valence-corrected chi connectivity index (χ4v) is 2.11. The molecule has 0 spiro atoms. The summed E-state index contributed by atoms with van der Waals surface area (Å²) in [5.74, 6) is 0. The Hall–Kier alpha value is -1.66. The number of rotatable bonds is 3. The zero-order chi connectivity index (χ0) is 13.1. The summed E-state index contributed by atoms with van der Waals surface area (Å²) in [6.45, 7) is 3.61. The highest BCUT2D eigenvalue weighted by Gasteiger charge is 2.21. The molecule has 1 unspecified atom stereocenters. The van der Waals surface area contributed by atoms with Crippen LogP contribution < -0.4 is 4.90 Å². The first-order valence-electron chi connectivity index (χ1n) is 5.84. The molecule has 0 radical (unpaired) electrons. The van der Waals surface area contributed by atoms with Crippen LogP contribution >= 0.6 is 0 Å². The molecular formula is C12H16N2O4. The maximum atomic E-state index is 10.7. The van der Waals surface area contributed by atoms with Gasteiger partial charge < -0.3 is 14.7 Å². The Kier molecular flexibility index (Phi) is 3.78. The lowest BCUT2D eigenvalue weighted by molar-refractivity contribution is -0.385. The summed E-state index contributed by atoms with van der Waals surface area (Å²) >= 11 is 0. The van der Waals surface area contributed by atoms with Crippen LogP contribution in [0.2, 0.25) is 0 Å². The minimum Gasteiger partial charge on any atom is -0.394 e. The van der Waals surface area contributed by atoms with Crippen LogP contribution in [0.1, 0.15) is 5.56 Å². The van der Waals surface area contributed by atoms with E-state index in [4.69, 9.17) is 9.84 Å². The summed E-state index contributed by atoms with van der Waals surface area (Å²) in [5.41, 5.74) is 1.70. The number of aryl methyl sites for hydroxylation is 1. The van der Waals surface area contributed by atoms with Crippen LogP contribution in [0.3, 0.4) is 0 Å². The fourth-order valence-electron chi connectivity index (χ4n) is 2.11. The molecule has 1 N–H and O–H groups in total. The second kappa shape index (κ2) is 5.32. The van der Waals surface area contributed by atoms with E-state index in [2.05, 4.69) is 4.90 Å². The Balaban J connectivity index is 2.18. The summed E-state index contributed by atoms with van der Waals surface area (Å²) in [5, 5.41) is 19.8. The number of morpholine rings is 1. The number of aliphatic hydroxyl groups is 1. The van der Waals surface area contributed by atoms with Gasteiger partial charge in [0, 0.05) is 30.4 Å². The molecule has 0 aromatic heterocycles. The molecule has 18 heavy (non-hydrogen) atoms. The quantitative estimate of drug-likeness (QED) is 0.644. The lowest BCUT2D eigenvalue weighted by atomic mass is 10.1. The molecule has 0 saturated carbocycles. The van der Waals surface area contributed by atoms with Crippen molar-refractivity contribution in [1.29, 1.82) is 0 Å². The molecular weight excluding hydrogens is 236 g/mol. The number of nitrogens with zero attached hydrogens (tertiary/aromatic N) is 2. The number of benzene rings is 1. The highest BCUT2D eigenvalue weighted by atomic mass is 16.6. The predicted molar refractivity (Wildman–Crippen MR) is 66.9 cm³/mol. The number of aliphatic hydroxyl groups excluding tert-OH is 1. The van der Waals surface area contributed by atoms with Gasteiger partial charge in [-0.25, -0.2) is 0 Å². The molecule has 98 valence electrons. The SMILES string of the molecule is Cc1cc(N2CCOC(CO)C2)ccc1[N+](=O)[O-]. The van der Waals surface area contributed by atoms with Crippen molar-refractivity contribution in [3.05, 3.63) is 33.9 Å². The Morgan fingerprint density at radius 2 is 2.39 bits per heavy atom. The molecule has 1 heterocycles. The van der Waals surface area contributed by atoms with E-state index in [0.717, 1.165) is 12.2 Å². The second-order valence-corrected chi connectivity index (χ2v) is 4.35. The molecule has 1 saturated heterocycles. The van der Waals surface area contributed by atoms with Gasteiger partial charge in [-0.05, 0) is 19.1 Å². The van der Waals surface area contributed by atoms with E-state index in [1.807, 2.05) is 0 Å². The smallest absolute Gasteiger partial charge is 0.272 e. The average Bonchev–Trinajstić information content (AvgIpc) is 2.38. The Labute approximate surface area is 105 Å². The maximum Gasteiger partial charge on any atom is 0.272 e. The average molecular weight is 252 g/mol. The molecule has 1 atom stereocenters. The Morgan fingerprint density at radius 1 is 1.61 bits per heavy atom. The molecule has 6 heteroatoms. The van der Waals surface area contributed by atoms with Crippen LogP contribution in [0.5, 0.6) is 0 Å². The largest absolute Gasteiger partial charge is 0.394 e. The zero-order valence-electron chi connectivity index (χ0n) is 10.2. The van der Waals surface area contributed by atoms with Crippen molar-refractivity contribution < 1.29 is 14.8 Å². The molecule has 1 aliphatic rings. The summed E-state index contributed by atoms with van der Waals surface area (Å²) in [6, 6.07) is 5.07. The van der Waals surface area contributed by atoms with Crippen molar-refractivity contribution in [2.45, 2.75) is 13.0 Å². The molecule has 2 rings (SSSR count). The van der Waals surface area contributed by atoms with E-state index in [1.54, 1.807) is 19.1 Å². The van der Waals surface area contributed by atoms with E-state index < -0.39 is 0 Å². The van der Waals surface area contributed by atoms with Crippen molar-refractivity contribution >= 4 is 11.4 Å². The summed E-state index contributed by atoms with van der Waals surface area (Å²) in [4.78, 5) is 12.4. The third-order valence-corrected chi connectivity index (χ3v) is 3.08. The van der Waals surface area contributed by atoms with Crippen LogP contribution in [-0.2, 0) is 4.74 Å². The Morgan fingerprint density at radius 3 is 3.00 bits per heavy atom. The van der Waals surface area contributed by atoms with Gasteiger partial charge in [-0.1, -0.05) is 0 Å². The predicted octanol–water partition coefficient (Wildman–Crippen LogP) is 1.10. The van der Waals surface area contributed by atoms with Gasteiger partial charge in [0.25, 0.3) is 5.69 Å². The van der Waals surface area contributed by atoms with Crippen LogP contribution in [0.15, 0.2) is 18.2 Å². The first kappa shape index (κ1) is 12.8. The van der Waals surface area contributed by atoms with Gasteiger partial charge in [-0.3, -0.25) is 10.1 Å². The lowest BCUT2D eigenvalue weighted by Gasteiger charge is -2.33. The van der Waals surface area contributed by atoms with Crippen molar-refractivity contribution in [3.63, 3.8) is 0 Å². The van der Waals surface area contributed by atoms with E-state index in [0.29, 0.717) is 18.7 Å². The molecule has 0 aliphatic carbocycles. The molecule has 0 bridgehead atoms. The number of anilines is 1. The van der Waals surface area contributed by atoms with E-state index in [9.17, 15) is 10.1 Å². The van der Waals surface area contributed by atoms with Gasteiger partial charge in [0.15, 0.2) is 0 Å². The van der Waals surface area contributed by atoms with E-state index >= 15 is 0 Å². The number of hydrogen-bond acceptors (Lipinski definition) is 5. The van der Waals surface area contributed by atoms with Gasteiger partial charge >= 0.3 is 0 Å². The van der Waals surface area contributed by atoms with Crippen LogP contribution in [0.4, 0.5) is 11.4 Å². The van der Waals surface area contributed by atoms with Gasteiger partial charge in [-0.2, -0.15) is 0 Å². The van der Waals surface area contributed by atoms with Crippen LogP contribution in [0.25, 0.3) is 0 Å². The third-order valence-electron chi connectivity index (χ3n) is 3.08. The molecule has 6 nitrogen and oxygen atoms in total. The van der Waals surface area contributed by atoms with Crippen molar-refractivity contribution in [2.75, 3.05) is 31.2 Å². The summed E-state index contributed by atoms with van der Waals surface area (Å²) in [6.07, 6.45) is -0.186. The summed E-state index contributed by atoms with van der Waals surface area (Å²) in [7, 11) is 0. The molecule has 1 fully saturated rings. The van der Waals surface area contributed by atoms with Gasteiger partial charge in [0.2, 0.25) is 0 Å². The maximum absolute atomic E-state index is 10.7. The first-order chi connectivity index (χ1) is 8.61. The minimum absolute atomic E-state index is 0.0114. The summed E-state index contributed by atoms with van der Waals surface area (Å²) < 4.78 is 5.37. The first-order valence-corrected chi connectivity index (χ1v) is 5.84. The van der Waals surface area contributed by atoms with Crippen molar-refractivity contribution in [2.24, 2.45) is 0 Å². The molecule has 1 aliphatic heterocycles. The fraction of sp³-hybridized carbons (Fsp3) is 0.500. The standard InChI is InChI=1S/C12H16N2O4/c1-9-6-10(2-3-12(9)14(16)17)13-4-5-18-11(7-13)8-15/h2-3,6,11,15H,4-5,7-8H2,1H3. The molecule has 1 aromatic carbocycles. The van der Waals surface area contributed by atoms with Crippen LogP contribution in [0, 0.1) is 17.0 Å². The number of nitro benzene ring substituents is 1. The lowest BCUT2D eigenvalue weighted by Crippen LogP contribution is -2.44. The van der Waals surface area contributed by atoms with Crippen molar-refractivity contribution in [1.82, 2.24) is 0 Å². The monoisotopic (exact) mass is 252 g/mol. The highest BCUT2D eigenvalue weighted by Crippen LogP contribution is 2.25. The highest BCUT2D eigenvalue weighted by molar-refractivity contribution is 5.55. The number of hydrogen-bond donors (Lipinski definition) is 1. The number of nitro groups is 1. The second-order valence-electron chi connectivity index (χ2n) is 4.35. The van der Waals surface area contributed by atoms with Gasteiger partial charge in [0.05, 0.1) is 24.2 Å². The van der Waals surface area contributed by atoms with Gasteiger partial charge in [0.1, 0.15) is 0 Å². The molecule has 1 aromatic rings. The Bertz CT molecular complexity index is 450. The van der Waals surface area contributed by atoms with E-state index in [-0.39, 0.29) is 23.3 Å². The minimum atomic E-state index is -0.380. The number of ether oxygens (including phenoxy) is 1. The zero-order valence-corrected chi connectivity index (χ0v) is 10.2. The topological polar surface area (TPSA) is 75.8 Å². The van der Waals surface area contributed by atoms with Gasteiger partial charge in [-0.15, -0.1) is 0 Å². The van der Waals surface area contributed by atoms with E-state index in [1.165, 1.54) is 6.07 Å². The molecule has 0 amide bonds. The third kappa shape index (κ3) is 2.60. The van der Waals surface area contributed by atoms with Crippen LogP contribution in [-0.4, -0.2) is 42.4 Å². The normalized spacial score (nSPS) is 19.9.